The summed E-state index contributed by atoms with van der Waals surface area (Å²) in [5.41, 5.74) is 0. The quantitative estimate of drug-likeness (QED) is 0.684. The van der Waals surface area contributed by atoms with Gasteiger partial charge in [-0.05, 0) is 33.6 Å². The molecule has 5 atom stereocenters. The normalized spacial score (nSPS) is 33.2. The fraction of sp³-hybridized carbons (Fsp3) is 1.00. The minimum atomic E-state index is -0.258. The Morgan fingerprint density at radius 1 is 1.44 bits per heavy atom. The van der Waals surface area contributed by atoms with Crippen LogP contribution in [-0.4, -0.2) is 49.2 Å². The zero-order valence-electron chi connectivity index (χ0n) is 10.8. The Kier molecular flexibility index (Phi) is 5.69. The molecule has 0 aliphatic heterocycles. The standard InChI is InChI=1S/C12H25NO3/c1-5-16-11-7-10(12(11)15-4)13-8(2)6-9(3)14/h8-14H,5-7H2,1-4H3. The molecule has 0 radical (unpaired) electrons. The highest BCUT2D eigenvalue weighted by Gasteiger charge is 2.42. The molecule has 2 N–H and O–H groups in total. The second-order valence-corrected chi connectivity index (χ2v) is 4.69. The van der Waals surface area contributed by atoms with Gasteiger partial charge in [0.15, 0.2) is 0 Å². The highest BCUT2D eigenvalue weighted by atomic mass is 16.5. The van der Waals surface area contributed by atoms with Crippen molar-refractivity contribution in [2.75, 3.05) is 13.7 Å². The van der Waals surface area contributed by atoms with E-state index in [9.17, 15) is 5.11 Å². The van der Waals surface area contributed by atoms with E-state index in [1.165, 1.54) is 0 Å². The third kappa shape index (κ3) is 3.70. The number of hydrogen-bond donors (Lipinski definition) is 2. The van der Waals surface area contributed by atoms with Gasteiger partial charge < -0.3 is 19.9 Å². The van der Waals surface area contributed by atoms with Crippen LogP contribution in [0.25, 0.3) is 0 Å². The number of hydrogen-bond acceptors (Lipinski definition) is 4. The Bertz CT molecular complexity index is 199. The Labute approximate surface area is 98.3 Å². The molecule has 0 bridgehead atoms. The molecule has 0 spiro atoms. The van der Waals surface area contributed by atoms with Crippen LogP contribution in [0.2, 0.25) is 0 Å². The summed E-state index contributed by atoms with van der Waals surface area (Å²) in [6.07, 6.45) is 1.89. The van der Waals surface area contributed by atoms with Gasteiger partial charge in [0.05, 0.1) is 18.3 Å². The van der Waals surface area contributed by atoms with E-state index in [-0.39, 0.29) is 18.3 Å². The first-order valence-electron chi connectivity index (χ1n) is 6.17. The summed E-state index contributed by atoms with van der Waals surface area (Å²) in [6.45, 7) is 6.65. The van der Waals surface area contributed by atoms with E-state index in [0.717, 1.165) is 19.4 Å². The second kappa shape index (κ2) is 6.55. The summed E-state index contributed by atoms with van der Waals surface area (Å²) in [5, 5.41) is 12.8. The lowest BCUT2D eigenvalue weighted by Crippen LogP contribution is -2.61. The van der Waals surface area contributed by atoms with Gasteiger partial charge in [0, 0.05) is 25.8 Å². The fourth-order valence-corrected chi connectivity index (χ4v) is 2.38. The molecule has 4 heteroatoms. The molecule has 5 unspecified atom stereocenters. The van der Waals surface area contributed by atoms with Crippen molar-refractivity contribution in [1.29, 1.82) is 0 Å². The van der Waals surface area contributed by atoms with Gasteiger partial charge >= 0.3 is 0 Å². The first-order valence-corrected chi connectivity index (χ1v) is 6.17. The van der Waals surface area contributed by atoms with E-state index in [4.69, 9.17) is 9.47 Å². The molecule has 1 aliphatic rings. The van der Waals surface area contributed by atoms with Gasteiger partial charge in [0.2, 0.25) is 0 Å². The van der Waals surface area contributed by atoms with Crippen LogP contribution in [0.4, 0.5) is 0 Å². The van der Waals surface area contributed by atoms with Crippen molar-refractivity contribution >= 4 is 0 Å². The number of methoxy groups -OCH3 is 1. The number of rotatable bonds is 7. The molecule has 1 aliphatic carbocycles. The van der Waals surface area contributed by atoms with Crippen LogP contribution in [0, 0.1) is 0 Å². The van der Waals surface area contributed by atoms with Gasteiger partial charge in [-0.3, -0.25) is 0 Å². The van der Waals surface area contributed by atoms with Crippen molar-refractivity contribution in [2.45, 2.75) is 64.0 Å². The molecule has 0 aromatic heterocycles. The third-order valence-electron chi connectivity index (χ3n) is 3.10. The largest absolute Gasteiger partial charge is 0.393 e. The van der Waals surface area contributed by atoms with Crippen LogP contribution >= 0.6 is 0 Å². The molecule has 0 heterocycles. The Morgan fingerprint density at radius 2 is 2.12 bits per heavy atom. The lowest BCUT2D eigenvalue weighted by molar-refractivity contribution is -0.133. The first-order chi connectivity index (χ1) is 7.58. The molecule has 0 aromatic carbocycles. The molecule has 1 saturated carbocycles. The maximum Gasteiger partial charge on any atom is 0.0986 e. The zero-order chi connectivity index (χ0) is 12.1. The van der Waals surface area contributed by atoms with Gasteiger partial charge in [-0.15, -0.1) is 0 Å². The molecular weight excluding hydrogens is 206 g/mol. The van der Waals surface area contributed by atoms with Crippen molar-refractivity contribution in [1.82, 2.24) is 5.32 Å². The number of aliphatic hydroxyl groups excluding tert-OH is 1. The zero-order valence-corrected chi connectivity index (χ0v) is 10.8. The van der Waals surface area contributed by atoms with Crippen LogP contribution in [0.1, 0.15) is 33.6 Å². The number of nitrogens with one attached hydrogen (secondary N) is 1. The number of ether oxygens (including phenoxy) is 2. The Morgan fingerprint density at radius 3 is 2.62 bits per heavy atom. The monoisotopic (exact) mass is 231 g/mol. The van der Waals surface area contributed by atoms with Crippen LogP contribution < -0.4 is 5.32 Å². The SMILES string of the molecule is CCOC1CC(NC(C)CC(C)O)C1OC. The smallest absolute Gasteiger partial charge is 0.0986 e. The van der Waals surface area contributed by atoms with Gasteiger partial charge in [-0.2, -0.15) is 0 Å². The maximum atomic E-state index is 9.29. The summed E-state index contributed by atoms with van der Waals surface area (Å²) < 4.78 is 11.0. The summed E-state index contributed by atoms with van der Waals surface area (Å²) in [5.74, 6) is 0. The van der Waals surface area contributed by atoms with Crippen molar-refractivity contribution < 1.29 is 14.6 Å². The highest BCUT2D eigenvalue weighted by Crippen LogP contribution is 2.27. The summed E-state index contributed by atoms with van der Waals surface area (Å²) >= 11 is 0. The third-order valence-corrected chi connectivity index (χ3v) is 3.10. The molecular formula is C12H25NO3. The minimum absolute atomic E-state index is 0.149. The van der Waals surface area contributed by atoms with Gasteiger partial charge in [0.1, 0.15) is 0 Å². The van der Waals surface area contributed by atoms with E-state index in [1.54, 1.807) is 7.11 Å². The van der Waals surface area contributed by atoms with Crippen molar-refractivity contribution in [3.8, 4) is 0 Å². The van der Waals surface area contributed by atoms with Crippen molar-refractivity contribution in [2.24, 2.45) is 0 Å². The predicted molar refractivity (Wildman–Crippen MR) is 63.5 cm³/mol. The molecule has 4 nitrogen and oxygen atoms in total. The topological polar surface area (TPSA) is 50.7 Å². The molecule has 1 fully saturated rings. The predicted octanol–water partition coefficient (Wildman–Crippen LogP) is 0.928. The van der Waals surface area contributed by atoms with E-state index in [2.05, 4.69) is 12.2 Å². The lowest BCUT2D eigenvalue weighted by atomic mass is 9.84. The first kappa shape index (κ1) is 13.9. The van der Waals surface area contributed by atoms with Gasteiger partial charge in [-0.25, -0.2) is 0 Å². The minimum Gasteiger partial charge on any atom is -0.393 e. The molecule has 1 rings (SSSR count). The highest BCUT2D eigenvalue weighted by molar-refractivity contribution is 4.98. The average Bonchev–Trinajstić information content (AvgIpc) is 2.15. The number of aliphatic hydroxyl groups is 1. The molecule has 16 heavy (non-hydrogen) atoms. The average molecular weight is 231 g/mol. The van der Waals surface area contributed by atoms with E-state index < -0.39 is 0 Å². The maximum absolute atomic E-state index is 9.29. The van der Waals surface area contributed by atoms with Gasteiger partial charge in [-0.1, -0.05) is 0 Å². The Hall–Kier alpha value is -0.160. The Balaban J connectivity index is 2.28. The summed E-state index contributed by atoms with van der Waals surface area (Å²) in [6, 6.07) is 0.667. The van der Waals surface area contributed by atoms with E-state index in [1.807, 2.05) is 13.8 Å². The second-order valence-electron chi connectivity index (χ2n) is 4.69. The molecule has 0 saturated heterocycles. The van der Waals surface area contributed by atoms with Crippen molar-refractivity contribution in [3.63, 3.8) is 0 Å². The van der Waals surface area contributed by atoms with Crippen LogP contribution in [0.5, 0.6) is 0 Å². The molecule has 96 valence electrons. The lowest BCUT2D eigenvalue weighted by Gasteiger charge is -2.44. The van der Waals surface area contributed by atoms with Gasteiger partial charge in [0.25, 0.3) is 0 Å². The van der Waals surface area contributed by atoms with Crippen LogP contribution in [-0.2, 0) is 9.47 Å². The van der Waals surface area contributed by atoms with Crippen molar-refractivity contribution in [3.05, 3.63) is 0 Å². The van der Waals surface area contributed by atoms with Crippen LogP contribution in [0.15, 0.2) is 0 Å². The van der Waals surface area contributed by atoms with E-state index >= 15 is 0 Å². The molecule has 0 amide bonds. The summed E-state index contributed by atoms with van der Waals surface area (Å²) in [7, 11) is 1.73. The van der Waals surface area contributed by atoms with Crippen LogP contribution in [0.3, 0.4) is 0 Å². The summed E-state index contributed by atoms with van der Waals surface area (Å²) in [4.78, 5) is 0. The van der Waals surface area contributed by atoms with E-state index in [0.29, 0.717) is 12.1 Å². The molecule has 0 aromatic rings. The fourth-order valence-electron chi connectivity index (χ4n) is 2.38.